The maximum Gasteiger partial charge on any atom is 0.319 e. The van der Waals surface area contributed by atoms with Crippen molar-refractivity contribution in [1.29, 1.82) is 0 Å². The number of hydrogen-bond donors (Lipinski definition) is 2. The van der Waals surface area contributed by atoms with Crippen LogP contribution in [0.3, 0.4) is 0 Å². The Labute approximate surface area is 213 Å². The second-order valence-electron chi connectivity index (χ2n) is 10.6. The van der Waals surface area contributed by atoms with Crippen LogP contribution in [-0.4, -0.2) is 66.1 Å². The molecule has 8 heteroatoms. The molecule has 1 heterocycles. The maximum atomic E-state index is 13.0. The molecule has 2 aromatic rings. The van der Waals surface area contributed by atoms with Crippen LogP contribution in [0.5, 0.6) is 0 Å². The van der Waals surface area contributed by atoms with Crippen molar-refractivity contribution in [3.63, 3.8) is 0 Å². The Morgan fingerprint density at radius 2 is 1.58 bits per heavy atom. The zero-order valence-corrected chi connectivity index (χ0v) is 21.9. The van der Waals surface area contributed by atoms with Crippen LogP contribution in [-0.2, 0) is 6.54 Å². The molecule has 0 radical (unpaired) electrons. The minimum Gasteiger partial charge on any atom is -0.337 e. The molecule has 3 rings (SSSR count). The summed E-state index contributed by atoms with van der Waals surface area (Å²) in [4.78, 5) is 45.4. The highest BCUT2D eigenvalue weighted by atomic mass is 16.2. The first-order chi connectivity index (χ1) is 17.0. The summed E-state index contributed by atoms with van der Waals surface area (Å²) in [5, 5.41) is 5.64. The average molecular weight is 492 g/mol. The van der Waals surface area contributed by atoms with Gasteiger partial charge in [-0.1, -0.05) is 32.9 Å². The van der Waals surface area contributed by atoms with Gasteiger partial charge in [0.2, 0.25) is 0 Å². The van der Waals surface area contributed by atoms with E-state index in [0.717, 1.165) is 30.9 Å². The number of anilines is 1. The number of urea groups is 1. The van der Waals surface area contributed by atoms with Crippen LogP contribution in [0.25, 0.3) is 0 Å². The average Bonchev–Trinajstić information content (AvgIpc) is 2.83. The van der Waals surface area contributed by atoms with E-state index in [1.54, 1.807) is 44.2 Å². The molecule has 2 N–H and O–H groups in total. The van der Waals surface area contributed by atoms with Gasteiger partial charge in [0.1, 0.15) is 0 Å². The monoisotopic (exact) mass is 491 g/mol. The number of hydrogen-bond acceptors (Lipinski definition) is 4. The van der Waals surface area contributed by atoms with E-state index in [4.69, 9.17) is 0 Å². The summed E-state index contributed by atoms with van der Waals surface area (Å²) in [6.07, 6.45) is 0. The van der Waals surface area contributed by atoms with Gasteiger partial charge in [0.15, 0.2) is 0 Å². The summed E-state index contributed by atoms with van der Waals surface area (Å²) in [7, 11) is 0. The molecular formula is C28H37N5O3. The molecule has 1 saturated heterocycles. The molecule has 36 heavy (non-hydrogen) atoms. The number of rotatable bonds is 6. The number of carbonyl (C=O) groups is 3. The molecule has 0 saturated carbocycles. The van der Waals surface area contributed by atoms with Gasteiger partial charge in [-0.05, 0) is 61.2 Å². The normalized spacial score (nSPS) is 14.2. The second kappa shape index (κ2) is 11.9. The minimum absolute atomic E-state index is 0.00360. The first kappa shape index (κ1) is 27.1. The molecule has 1 aliphatic rings. The lowest BCUT2D eigenvalue weighted by Crippen LogP contribution is -2.48. The van der Waals surface area contributed by atoms with Gasteiger partial charge in [0, 0.05) is 61.8 Å². The van der Waals surface area contributed by atoms with E-state index >= 15 is 0 Å². The zero-order valence-electron chi connectivity index (χ0n) is 21.9. The van der Waals surface area contributed by atoms with Gasteiger partial charge in [-0.15, -0.1) is 0 Å². The first-order valence-corrected chi connectivity index (χ1v) is 12.3. The van der Waals surface area contributed by atoms with Crippen LogP contribution in [0.2, 0.25) is 0 Å². The van der Waals surface area contributed by atoms with Gasteiger partial charge < -0.3 is 15.5 Å². The Balaban J connectivity index is 1.49. The highest BCUT2D eigenvalue weighted by Crippen LogP contribution is 2.16. The van der Waals surface area contributed by atoms with Crippen molar-refractivity contribution in [1.82, 2.24) is 15.1 Å². The minimum atomic E-state index is -0.261. The van der Waals surface area contributed by atoms with E-state index in [9.17, 15) is 14.4 Å². The largest absolute Gasteiger partial charge is 0.337 e. The van der Waals surface area contributed by atoms with Gasteiger partial charge in [-0.2, -0.15) is 0 Å². The Morgan fingerprint density at radius 3 is 2.19 bits per heavy atom. The Kier molecular flexibility index (Phi) is 8.98. The number of aliphatic imine (C=N–C) groups is 1. The number of carbonyl (C=O) groups excluding carboxylic acids is 3. The molecule has 0 bridgehead atoms. The SMILES string of the molecule is CC(C)=NC(=O)c1cccc(CN2CCN(C(=O)c3ccc(NC(=O)NCC(C)(C)C)cc3)CC2)c1. The van der Waals surface area contributed by atoms with Crippen molar-refractivity contribution in [2.45, 2.75) is 41.2 Å². The number of nitrogens with one attached hydrogen (secondary N) is 2. The van der Waals surface area contributed by atoms with E-state index in [0.29, 0.717) is 36.4 Å². The number of amides is 4. The van der Waals surface area contributed by atoms with Gasteiger partial charge in [0.25, 0.3) is 11.8 Å². The van der Waals surface area contributed by atoms with Crippen molar-refractivity contribution in [3.8, 4) is 0 Å². The third kappa shape index (κ3) is 8.30. The maximum absolute atomic E-state index is 13.0. The second-order valence-corrected chi connectivity index (χ2v) is 10.6. The molecule has 0 spiro atoms. The van der Waals surface area contributed by atoms with Crippen molar-refractivity contribution < 1.29 is 14.4 Å². The topological polar surface area (TPSA) is 94.1 Å². The van der Waals surface area contributed by atoms with Crippen LogP contribution in [0.15, 0.2) is 53.5 Å². The molecule has 8 nitrogen and oxygen atoms in total. The lowest BCUT2D eigenvalue weighted by Gasteiger charge is -2.34. The highest BCUT2D eigenvalue weighted by molar-refractivity contribution is 6.02. The van der Waals surface area contributed by atoms with Crippen molar-refractivity contribution in [2.75, 3.05) is 38.0 Å². The summed E-state index contributed by atoms with van der Waals surface area (Å²) in [5.74, 6) is -0.238. The molecule has 1 fully saturated rings. The molecule has 2 aromatic carbocycles. The number of nitrogens with zero attached hydrogens (tertiary/aromatic N) is 3. The van der Waals surface area contributed by atoms with Crippen LogP contribution in [0.4, 0.5) is 10.5 Å². The molecule has 4 amide bonds. The standard InChI is InChI=1S/C28H37N5O3/c1-20(2)30-25(34)23-8-6-7-21(17-23)18-32-13-15-33(16-14-32)26(35)22-9-11-24(12-10-22)31-27(36)29-19-28(3,4)5/h6-12,17H,13-16,18-19H2,1-5H3,(H2,29,31,36). The van der Waals surface area contributed by atoms with E-state index in [1.807, 2.05) is 23.1 Å². The van der Waals surface area contributed by atoms with Gasteiger partial charge in [0.05, 0.1) is 0 Å². The predicted octanol–water partition coefficient (Wildman–Crippen LogP) is 4.43. The third-order valence-electron chi connectivity index (χ3n) is 5.73. The van der Waals surface area contributed by atoms with Gasteiger partial charge in [-0.3, -0.25) is 14.5 Å². The summed E-state index contributed by atoms with van der Waals surface area (Å²) < 4.78 is 0. The Bertz CT molecular complexity index is 1110. The predicted molar refractivity (Wildman–Crippen MR) is 144 cm³/mol. The number of piperazine rings is 1. The lowest BCUT2D eigenvalue weighted by atomic mass is 9.97. The Morgan fingerprint density at radius 1 is 0.917 bits per heavy atom. The molecule has 0 aromatic heterocycles. The fourth-order valence-electron chi connectivity index (χ4n) is 3.84. The van der Waals surface area contributed by atoms with Crippen LogP contribution in [0, 0.1) is 5.41 Å². The Hall–Kier alpha value is -3.52. The van der Waals surface area contributed by atoms with E-state index in [-0.39, 0.29) is 23.3 Å². The van der Waals surface area contributed by atoms with Crippen LogP contribution in [0.1, 0.15) is 60.9 Å². The molecular weight excluding hydrogens is 454 g/mol. The van der Waals surface area contributed by atoms with Crippen LogP contribution >= 0.6 is 0 Å². The van der Waals surface area contributed by atoms with Crippen molar-refractivity contribution in [3.05, 3.63) is 65.2 Å². The fraction of sp³-hybridized carbons (Fsp3) is 0.429. The first-order valence-electron chi connectivity index (χ1n) is 12.3. The van der Waals surface area contributed by atoms with Crippen LogP contribution < -0.4 is 10.6 Å². The van der Waals surface area contributed by atoms with E-state index in [2.05, 4.69) is 41.3 Å². The molecule has 0 atom stereocenters. The molecule has 0 aliphatic carbocycles. The lowest BCUT2D eigenvalue weighted by molar-refractivity contribution is 0.0628. The molecule has 192 valence electrons. The van der Waals surface area contributed by atoms with Gasteiger partial charge in [-0.25, -0.2) is 9.79 Å². The fourth-order valence-corrected chi connectivity index (χ4v) is 3.84. The van der Waals surface area contributed by atoms with Gasteiger partial charge >= 0.3 is 6.03 Å². The third-order valence-corrected chi connectivity index (χ3v) is 5.73. The molecule has 0 unspecified atom stereocenters. The highest BCUT2D eigenvalue weighted by Gasteiger charge is 2.22. The molecule has 1 aliphatic heterocycles. The zero-order chi connectivity index (χ0) is 26.3. The van der Waals surface area contributed by atoms with Crippen molar-refractivity contribution >= 4 is 29.2 Å². The number of benzene rings is 2. The quantitative estimate of drug-likeness (QED) is 0.585. The van der Waals surface area contributed by atoms with E-state index < -0.39 is 0 Å². The van der Waals surface area contributed by atoms with E-state index in [1.165, 1.54) is 0 Å². The summed E-state index contributed by atoms with van der Waals surface area (Å²) in [6.45, 7) is 13.8. The van der Waals surface area contributed by atoms with Crippen molar-refractivity contribution in [2.24, 2.45) is 10.4 Å². The smallest absolute Gasteiger partial charge is 0.319 e. The summed E-state index contributed by atoms with van der Waals surface area (Å²) in [5.41, 5.74) is 3.62. The summed E-state index contributed by atoms with van der Waals surface area (Å²) >= 11 is 0. The summed E-state index contributed by atoms with van der Waals surface area (Å²) in [6, 6.07) is 14.3.